The second kappa shape index (κ2) is 4.41. The first-order valence-electron chi connectivity index (χ1n) is 6.56. The molecule has 2 rings (SSSR count). The Morgan fingerprint density at radius 1 is 1.06 bits per heavy atom. The Morgan fingerprint density at radius 2 is 1.53 bits per heavy atom. The van der Waals surface area contributed by atoms with Gasteiger partial charge in [0.1, 0.15) is 0 Å². The maximum absolute atomic E-state index is 12.2. The van der Waals surface area contributed by atoms with E-state index in [0.717, 1.165) is 36.7 Å². The minimum absolute atomic E-state index is 0.00344. The number of carbonyl (C=O) groups is 2. The molecule has 96 valence electrons. The number of quaternary nitrogens is 1. The maximum atomic E-state index is 12.2. The largest absolute Gasteiger partial charge is 0.329 e. The summed E-state index contributed by atoms with van der Waals surface area (Å²) in [5.74, 6) is 0.189. The van der Waals surface area contributed by atoms with Crippen LogP contribution in [0.2, 0.25) is 0 Å². The summed E-state index contributed by atoms with van der Waals surface area (Å²) < 4.78 is 0.784. The van der Waals surface area contributed by atoms with Crippen molar-refractivity contribution in [3.8, 4) is 0 Å². The zero-order valence-corrected chi connectivity index (χ0v) is 11.1. The number of amides is 2. The lowest BCUT2D eigenvalue weighted by Gasteiger charge is -2.26. The molecule has 1 aliphatic heterocycles. The molecule has 17 heavy (non-hydrogen) atoms. The van der Waals surface area contributed by atoms with Crippen molar-refractivity contribution in [3.05, 3.63) is 0 Å². The highest BCUT2D eigenvalue weighted by molar-refractivity contribution is 6.05. The quantitative estimate of drug-likeness (QED) is 0.541. The molecule has 0 N–H and O–H groups in total. The minimum atomic E-state index is 0.00344. The SMILES string of the molecule is C[N+](C)(C)CCN1C(=O)C2CCCCC2C1=O. The van der Waals surface area contributed by atoms with Crippen LogP contribution in [0, 0.1) is 11.8 Å². The highest BCUT2D eigenvalue weighted by atomic mass is 16.2. The molecule has 1 saturated heterocycles. The number of likely N-dealkylation sites (tertiary alicyclic amines) is 1. The number of carbonyl (C=O) groups excluding carboxylic acids is 2. The summed E-state index contributed by atoms with van der Waals surface area (Å²) in [4.78, 5) is 25.8. The van der Waals surface area contributed by atoms with Gasteiger partial charge in [-0.2, -0.15) is 0 Å². The Kier molecular flexibility index (Phi) is 3.25. The van der Waals surface area contributed by atoms with Gasteiger partial charge >= 0.3 is 0 Å². The van der Waals surface area contributed by atoms with E-state index in [1.54, 1.807) is 0 Å². The van der Waals surface area contributed by atoms with E-state index in [9.17, 15) is 9.59 Å². The summed E-state index contributed by atoms with van der Waals surface area (Å²) in [6.45, 7) is 1.41. The third-order valence-corrected chi connectivity index (χ3v) is 3.93. The zero-order chi connectivity index (χ0) is 12.6. The molecule has 2 aliphatic rings. The number of hydrogen-bond acceptors (Lipinski definition) is 2. The fourth-order valence-electron chi connectivity index (χ4n) is 2.85. The van der Waals surface area contributed by atoms with Crippen molar-refractivity contribution in [1.29, 1.82) is 0 Å². The van der Waals surface area contributed by atoms with E-state index >= 15 is 0 Å². The Bertz CT molecular complexity index is 309. The van der Waals surface area contributed by atoms with Gasteiger partial charge in [0.15, 0.2) is 0 Å². The molecule has 4 heteroatoms. The van der Waals surface area contributed by atoms with Gasteiger partial charge in [-0.25, -0.2) is 0 Å². The third kappa shape index (κ3) is 2.51. The first-order chi connectivity index (χ1) is 7.90. The van der Waals surface area contributed by atoms with Crippen LogP contribution in [0.1, 0.15) is 25.7 Å². The topological polar surface area (TPSA) is 37.4 Å². The van der Waals surface area contributed by atoms with Gasteiger partial charge in [0.25, 0.3) is 0 Å². The molecule has 1 saturated carbocycles. The van der Waals surface area contributed by atoms with Crippen molar-refractivity contribution < 1.29 is 14.1 Å². The molecule has 2 unspecified atom stereocenters. The third-order valence-electron chi connectivity index (χ3n) is 3.93. The molecule has 4 nitrogen and oxygen atoms in total. The van der Waals surface area contributed by atoms with Crippen LogP contribution in [-0.2, 0) is 9.59 Å². The number of likely N-dealkylation sites (N-methyl/N-ethyl adjacent to an activating group) is 1. The van der Waals surface area contributed by atoms with Crippen LogP contribution in [0.25, 0.3) is 0 Å². The summed E-state index contributed by atoms with van der Waals surface area (Å²) in [7, 11) is 6.24. The number of fused-ring (bicyclic) bond motifs is 1. The summed E-state index contributed by atoms with van der Waals surface area (Å²) in [5, 5.41) is 0. The summed E-state index contributed by atoms with van der Waals surface area (Å²) in [5.41, 5.74) is 0. The van der Waals surface area contributed by atoms with Crippen LogP contribution < -0.4 is 0 Å². The van der Waals surface area contributed by atoms with Gasteiger partial charge in [-0.3, -0.25) is 14.5 Å². The van der Waals surface area contributed by atoms with Gasteiger partial charge in [-0.1, -0.05) is 12.8 Å². The average molecular weight is 239 g/mol. The molecule has 1 heterocycles. The first kappa shape index (κ1) is 12.6. The monoisotopic (exact) mass is 239 g/mol. The molecule has 0 spiro atoms. The van der Waals surface area contributed by atoms with Crippen LogP contribution in [-0.4, -0.2) is 55.4 Å². The molecule has 0 bridgehead atoms. The summed E-state index contributed by atoms with van der Waals surface area (Å²) >= 11 is 0. The van der Waals surface area contributed by atoms with Crippen molar-refractivity contribution >= 4 is 11.8 Å². The standard InChI is InChI=1S/C13H23N2O2/c1-15(2,3)9-8-14-12(16)10-6-4-5-7-11(10)13(14)17/h10-11H,4-9H2,1-3H3/q+1. The van der Waals surface area contributed by atoms with E-state index in [4.69, 9.17) is 0 Å². The predicted molar refractivity (Wildman–Crippen MR) is 65.1 cm³/mol. The highest BCUT2D eigenvalue weighted by Gasteiger charge is 2.48. The smallest absolute Gasteiger partial charge is 0.233 e. The van der Waals surface area contributed by atoms with Crippen molar-refractivity contribution in [2.24, 2.45) is 11.8 Å². The summed E-state index contributed by atoms with van der Waals surface area (Å²) in [6.07, 6.45) is 4.03. The zero-order valence-electron chi connectivity index (χ0n) is 11.1. The Hall–Kier alpha value is -0.900. The Balaban J connectivity index is 2.03. The minimum Gasteiger partial charge on any atom is -0.329 e. The van der Waals surface area contributed by atoms with Gasteiger partial charge in [-0.15, -0.1) is 0 Å². The van der Waals surface area contributed by atoms with Crippen LogP contribution in [0.4, 0.5) is 0 Å². The van der Waals surface area contributed by atoms with E-state index in [-0.39, 0.29) is 23.7 Å². The molecule has 0 aromatic heterocycles. The molecule has 0 aromatic rings. The van der Waals surface area contributed by atoms with E-state index in [1.807, 2.05) is 0 Å². The van der Waals surface area contributed by atoms with Gasteiger partial charge < -0.3 is 4.48 Å². The van der Waals surface area contributed by atoms with Crippen LogP contribution in [0.5, 0.6) is 0 Å². The number of imide groups is 1. The van der Waals surface area contributed by atoms with Crippen LogP contribution in [0.15, 0.2) is 0 Å². The molecule has 2 amide bonds. The Labute approximate surface area is 103 Å². The molecule has 2 atom stereocenters. The second-order valence-electron chi connectivity index (χ2n) is 6.34. The van der Waals surface area contributed by atoms with Gasteiger partial charge in [0.05, 0.1) is 46.1 Å². The van der Waals surface area contributed by atoms with Crippen LogP contribution >= 0.6 is 0 Å². The van der Waals surface area contributed by atoms with Crippen molar-refractivity contribution in [1.82, 2.24) is 4.90 Å². The van der Waals surface area contributed by atoms with Crippen LogP contribution in [0.3, 0.4) is 0 Å². The lowest BCUT2D eigenvalue weighted by Crippen LogP contribution is -2.44. The molecule has 0 radical (unpaired) electrons. The van der Waals surface area contributed by atoms with E-state index in [2.05, 4.69) is 21.1 Å². The van der Waals surface area contributed by atoms with E-state index < -0.39 is 0 Å². The van der Waals surface area contributed by atoms with Crippen molar-refractivity contribution in [3.63, 3.8) is 0 Å². The number of nitrogens with zero attached hydrogens (tertiary/aromatic N) is 2. The lowest BCUT2D eigenvalue weighted by molar-refractivity contribution is -0.869. The van der Waals surface area contributed by atoms with Gasteiger partial charge in [-0.05, 0) is 12.8 Å². The number of rotatable bonds is 3. The lowest BCUT2D eigenvalue weighted by atomic mass is 9.81. The fourth-order valence-corrected chi connectivity index (χ4v) is 2.85. The maximum Gasteiger partial charge on any atom is 0.233 e. The predicted octanol–water partition coefficient (Wildman–Crippen LogP) is 0.868. The normalized spacial score (nSPS) is 29.7. The summed E-state index contributed by atoms with van der Waals surface area (Å²) in [6, 6.07) is 0. The molecular weight excluding hydrogens is 216 g/mol. The Morgan fingerprint density at radius 3 is 1.94 bits per heavy atom. The first-order valence-corrected chi connectivity index (χ1v) is 6.56. The number of hydrogen-bond donors (Lipinski definition) is 0. The van der Waals surface area contributed by atoms with Gasteiger partial charge in [0.2, 0.25) is 11.8 Å². The highest BCUT2D eigenvalue weighted by Crippen LogP contribution is 2.37. The van der Waals surface area contributed by atoms with Crippen molar-refractivity contribution in [2.45, 2.75) is 25.7 Å². The molecule has 2 fully saturated rings. The second-order valence-corrected chi connectivity index (χ2v) is 6.34. The van der Waals surface area contributed by atoms with E-state index in [1.165, 1.54) is 4.90 Å². The van der Waals surface area contributed by atoms with Gasteiger partial charge in [0, 0.05) is 0 Å². The fraction of sp³-hybridized carbons (Fsp3) is 0.846. The molecule has 1 aliphatic carbocycles. The van der Waals surface area contributed by atoms with Crippen molar-refractivity contribution in [2.75, 3.05) is 34.2 Å². The average Bonchev–Trinajstić information content (AvgIpc) is 2.49. The van der Waals surface area contributed by atoms with E-state index in [0.29, 0.717) is 6.54 Å². The molecular formula is C13H23N2O2+. The molecule has 0 aromatic carbocycles.